The summed E-state index contributed by atoms with van der Waals surface area (Å²) < 4.78 is 9.39. The molecular formula is C25H32N2O6S. The summed E-state index contributed by atoms with van der Waals surface area (Å²) in [4.78, 5) is 44.0. The fourth-order valence-electron chi connectivity index (χ4n) is 6.00. The van der Waals surface area contributed by atoms with E-state index in [9.17, 15) is 19.5 Å². The average molecular weight is 489 g/mol. The number of benzene rings is 1. The second-order valence-corrected chi connectivity index (χ2v) is 11.1. The largest absolute Gasteiger partial charge is 0.497 e. The number of esters is 1. The number of carbonyl (C=O) groups is 3. The number of anilines is 1. The number of aliphatic hydroxyl groups is 1. The number of hydrogen-bond acceptors (Lipinski definition) is 7. The number of methoxy groups -OCH3 is 1. The van der Waals surface area contributed by atoms with E-state index in [2.05, 4.69) is 6.58 Å². The van der Waals surface area contributed by atoms with Crippen molar-refractivity contribution in [2.45, 2.75) is 42.2 Å². The minimum absolute atomic E-state index is 0.0326. The van der Waals surface area contributed by atoms with Crippen LogP contribution in [0.3, 0.4) is 0 Å². The maximum absolute atomic E-state index is 14.2. The molecule has 3 aliphatic rings. The van der Waals surface area contributed by atoms with Crippen LogP contribution in [0.4, 0.5) is 5.69 Å². The van der Waals surface area contributed by atoms with Gasteiger partial charge in [0.25, 0.3) is 5.91 Å². The van der Waals surface area contributed by atoms with Gasteiger partial charge in [0.2, 0.25) is 5.91 Å². The zero-order valence-corrected chi connectivity index (χ0v) is 20.7. The Balaban J connectivity index is 1.77. The summed E-state index contributed by atoms with van der Waals surface area (Å²) in [6, 6.07) is 6.35. The molecular weight excluding hydrogens is 456 g/mol. The molecule has 184 valence electrons. The van der Waals surface area contributed by atoms with Gasteiger partial charge in [-0.25, -0.2) is 0 Å². The van der Waals surface area contributed by atoms with E-state index in [1.165, 1.54) is 4.90 Å². The quantitative estimate of drug-likeness (QED) is 0.421. The molecule has 2 unspecified atom stereocenters. The Bertz CT molecular complexity index is 984. The van der Waals surface area contributed by atoms with Gasteiger partial charge >= 0.3 is 5.97 Å². The summed E-state index contributed by atoms with van der Waals surface area (Å²) in [5.41, 5.74) is 0.660. The molecule has 2 amide bonds. The Kier molecular flexibility index (Phi) is 6.70. The number of nitrogens with zero attached hydrogens (tertiary/aromatic N) is 2. The smallest absolute Gasteiger partial charge is 0.311 e. The molecule has 1 spiro atoms. The van der Waals surface area contributed by atoms with Gasteiger partial charge in [-0.2, -0.15) is 0 Å². The third-order valence-electron chi connectivity index (χ3n) is 7.35. The predicted molar refractivity (Wildman–Crippen MR) is 130 cm³/mol. The van der Waals surface area contributed by atoms with Gasteiger partial charge in [0.05, 0.1) is 36.9 Å². The van der Waals surface area contributed by atoms with E-state index in [0.29, 0.717) is 24.3 Å². The predicted octanol–water partition coefficient (Wildman–Crippen LogP) is 2.25. The van der Waals surface area contributed by atoms with Crippen molar-refractivity contribution < 1.29 is 29.0 Å². The van der Waals surface area contributed by atoms with Gasteiger partial charge in [-0.05, 0) is 51.0 Å². The monoisotopic (exact) mass is 488 g/mol. The lowest BCUT2D eigenvalue weighted by molar-refractivity contribution is -0.155. The Morgan fingerprint density at radius 1 is 1.32 bits per heavy atom. The zero-order chi connectivity index (χ0) is 24.7. The van der Waals surface area contributed by atoms with E-state index in [0.717, 1.165) is 0 Å². The second kappa shape index (κ2) is 9.26. The number of thioether (sulfide) groups is 1. The molecule has 34 heavy (non-hydrogen) atoms. The number of amides is 2. The van der Waals surface area contributed by atoms with E-state index < -0.39 is 27.4 Å². The number of ether oxygens (including phenoxy) is 2. The van der Waals surface area contributed by atoms with Crippen molar-refractivity contribution in [3.05, 3.63) is 36.9 Å². The van der Waals surface area contributed by atoms with Crippen LogP contribution < -0.4 is 9.64 Å². The van der Waals surface area contributed by atoms with Crippen LogP contribution in [0, 0.1) is 11.8 Å². The van der Waals surface area contributed by atoms with Crippen molar-refractivity contribution in [3.8, 4) is 5.75 Å². The number of fused-ring (bicyclic) bond motifs is 1. The maximum Gasteiger partial charge on any atom is 0.311 e. The lowest BCUT2D eigenvalue weighted by Gasteiger charge is -2.37. The van der Waals surface area contributed by atoms with Crippen LogP contribution >= 0.6 is 11.8 Å². The second-order valence-electron chi connectivity index (χ2n) is 9.17. The van der Waals surface area contributed by atoms with E-state index in [1.54, 1.807) is 61.0 Å². The Hall–Kier alpha value is -2.52. The van der Waals surface area contributed by atoms with Crippen molar-refractivity contribution in [1.29, 1.82) is 0 Å². The molecule has 3 fully saturated rings. The molecule has 1 aromatic carbocycles. The topological polar surface area (TPSA) is 96.4 Å². The van der Waals surface area contributed by atoms with E-state index >= 15 is 0 Å². The van der Waals surface area contributed by atoms with Crippen LogP contribution in [-0.4, -0.2) is 76.7 Å². The molecule has 0 saturated carbocycles. The van der Waals surface area contributed by atoms with E-state index in [-0.39, 0.29) is 44.1 Å². The summed E-state index contributed by atoms with van der Waals surface area (Å²) in [7, 11) is 1.58. The fourth-order valence-corrected chi connectivity index (χ4v) is 8.34. The lowest BCUT2D eigenvalue weighted by atomic mass is 9.66. The molecule has 5 atom stereocenters. The van der Waals surface area contributed by atoms with Crippen LogP contribution in [0.15, 0.2) is 36.9 Å². The molecule has 9 heteroatoms. The third-order valence-corrected chi connectivity index (χ3v) is 9.34. The summed E-state index contributed by atoms with van der Waals surface area (Å²) in [5, 5.41) is 9.75. The average Bonchev–Trinajstić information content (AvgIpc) is 3.39. The molecule has 3 heterocycles. The number of aliphatic hydroxyl groups excluding tert-OH is 1. The van der Waals surface area contributed by atoms with Crippen LogP contribution in [0.5, 0.6) is 5.75 Å². The normalized spacial score (nSPS) is 31.4. The molecule has 0 aromatic heterocycles. The lowest BCUT2D eigenvalue weighted by Crippen LogP contribution is -2.55. The van der Waals surface area contributed by atoms with Crippen molar-refractivity contribution >= 4 is 35.2 Å². The molecule has 4 rings (SSSR count). The highest BCUT2D eigenvalue weighted by Gasteiger charge is 2.77. The summed E-state index contributed by atoms with van der Waals surface area (Å²) in [6.07, 6.45) is 3.00. The third kappa shape index (κ3) is 3.60. The Morgan fingerprint density at radius 2 is 2.03 bits per heavy atom. The highest BCUT2D eigenvalue weighted by atomic mass is 32.2. The Morgan fingerprint density at radius 3 is 2.62 bits per heavy atom. The maximum atomic E-state index is 14.2. The van der Waals surface area contributed by atoms with Gasteiger partial charge < -0.3 is 24.4 Å². The van der Waals surface area contributed by atoms with Crippen molar-refractivity contribution in [1.82, 2.24) is 4.90 Å². The van der Waals surface area contributed by atoms with Crippen LogP contribution in [-0.2, 0) is 19.1 Å². The molecule has 0 radical (unpaired) electrons. The number of β-amino-alcohol motifs (C(OH)–C–C–N with tert-alkyl or cyclic N) is 1. The number of rotatable bonds is 9. The highest BCUT2D eigenvalue weighted by Crippen LogP contribution is 2.71. The van der Waals surface area contributed by atoms with Crippen molar-refractivity contribution in [2.75, 3.05) is 38.3 Å². The Labute approximate surface area is 204 Å². The summed E-state index contributed by atoms with van der Waals surface area (Å²) in [5.74, 6) is -1.48. The van der Waals surface area contributed by atoms with Gasteiger partial charge in [-0.3, -0.25) is 14.4 Å². The van der Waals surface area contributed by atoms with Crippen molar-refractivity contribution in [3.63, 3.8) is 0 Å². The van der Waals surface area contributed by atoms with Gasteiger partial charge in [-0.15, -0.1) is 18.3 Å². The standard InChI is InChI=1S/C25H32N2O6S/c1-5-13-26(16-7-9-17(32-4)10-8-16)22(30)20-25-12-11-24(3,34-25)19(23(31)33-6-2)18(25)21(29)27(20)14-15-28/h5,7-10,18-20,28H,1,6,11-15H2,2-4H3/t18-,19-,20?,24+,25?/m0/s1. The summed E-state index contributed by atoms with van der Waals surface area (Å²) >= 11 is 1.58. The zero-order valence-electron chi connectivity index (χ0n) is 19.9. The van der Waals surface area contributed by atoms with Gasteiger partial charge in [0, 0.05) is 23.5 Å². The molecule has 1 aromatic rings. The molecule has 2 bridgehead atoms. The number of carbonyl (C=O) groups excluding carboxylic acids is 3. The first-order chi connectivity index (χ1) is 16.3. The SMILES string of the molecule is C=CCN(C(=O)C1N(CCO)C(=O)[C@@H]2[C@@H](C(=O)OCC)[C@@]3(C)CCC12S3)c1ccc(OC)cc1. The van der Waals surface area contributed by atoms with Crippen LogP contribution in [0.25, 0.3) is 0 Å². The van der Waals surface area contributed by atoms with Gasteiger partial charge in [0.15, 0.2) is 0 Å². The number of likely N-dealkylation sites (tertiary alicyclic amines) is 1. The fraction of sp³-hybridized carbons (Fsp3) is 0.560. The minimum Gasteiger partial charge on any atom is -0.497 e. The van der Waals surface area contributed by atoms with E-state index in [1.807, 2.05) is 6.92 Å². The van der Waals surface area contributed by atoms with Crippen LogP contribution in [0.1, 0.15) is 26.7 Å². The summed E-state index contributed by atoms with van der Waals surface area (Å²) in [6.45, 7) is 7.82. The molecule has 8 nitrogen and oxygen atoms in total. The first kappa shape index (κ1) is 24.6. The molecule has 1 N–H and O–H groups in total. The van der Waals surface area contributed by atoms with Gasteiger partial charge in [0.1, 0.15) is 11.8 Å². The molecule has 3 saturated heterocycles. The number of hydrogen-bond donors (Lipinski definition) is 1. The highest BCUT2D eigenvalue weighted by molar-refractivity contribution is 8.02. The molecule has 0 aliphatic carbocycles. The van der Waals surface area contributed by atoms with E-state index in [4.69, 9.17) is 9.47 Å². The van der Waals surface area contributed by atoms with Crippen molar-refractivity contribution in [2.24, 2.45) is 11.8 Å². The first-order valence-electron chi connectivity index (χ1n) is 11.6. The minimum atomic E-state index is -0.801. The first-order valence-corrected chi connectivity index (χ1v) is 12.4. The molecule has 3 aliphatic heterocycles. The van der Waals surface area contributed by atoms with Crippen LogP contribution in [0.2, 0.25) is 0 Å². The van der Waals surface area contributed by atoms with Gasteiger partial charge in [-0.1, -0.05) is 6.08 Å².